The number of ketones is 1. The van der Waals surface area contributed by atoms with Crippen LogP contribution in [0, 0.1) is 13.8 Å². The minimum absolute atomic E-state index is 0.408. The molecule has 0 unspecified atom stereocenters. The van der Waals surface area contributed by atoms with E-state index in [4.69, 9.17) is 0 Å². The quantitative estimate of drug-likeness (QED) is 0.639. The summed E-state index contributed by atoms with van der Waals surface area (Å²) in [7, 11) is 0. The van der Waals surface area contributed by atoms with Crippen LogP contribution >= 0.6 is 0 Å². The minimum Gasteiger partial charge on any atom is -0.300 e. The van der Waals surface area contributed by atoms with Crippen LogP contribution in [-0.2, 0) is 4.79 Å². The fourth-order valence-corrected chi connectivity index (χ4v) is 1.91. The van der Waals surface area contributed by atoms with Gasteiger partial charge in [-0.3, -0.25) is 4.79 Å². The van der Waals surface area contributed by atoms with E-state index < -0.39 is 0 Å². The molecule has 2 rings (SSSR count). The molecule has 68 valence electrons. The summed E-state index contributed by atoms with van der Waals surface area (Å²) in [6.07, 6.45) is 1.51. The monoisotopic (exact) mass is 174 g/mol. The van der Waals surface area contributed by atoms with Crippen molar-refractivity contribution in [3.63, 3.8) is 0 Å². The number of hydrogen-bond donors (Lipinski definition) is 0. The van der Waals surface area contributed by atoms with Gasteiger partial charge in [-0.25, -0.2) is 0 Å². The number of aryl methyl sites for hydroxylation is 2. The van der Waals surface area contributed by atoms with Crippen LogP contribution < -0.4 is 0 Å². The molecule has 0 bridgehead atoms. The van der Waals surface area contributed by atoms with Crippen LogP contribution in [0.15, 0.2) is 18.2 Å². The van der Waals surface area contributed by atoms with E-state index in [1.165, 1.54) is 16.7 Å². The number of benzene rings is 1. The molecule has 1 aromatic carbocycles. The molecule has 0 aromatic heterocycles. The maximum Gasteiger partial charge on any atom is 0.134 e. The lowest BCUT2D eigenvalue weighted by Gasteiger charge is -2.26. The number of rotatable bonds is 1. The summed E-state index contributed by atoms with van der Waals surface area (Å²) >= 11 is 0. The van der Waals surface area contributed by atoms with Crippen molar-refractivity contribution in [3.8, 4) is 0 Å². The minimum atomic E-state index is 0.408. The molecule has 0 N–H and O–H groups in total. The normalized spacial score (nSPS) is 17.2. The second kappa shape index (κ2) is 2.99. The molecule has 0 saturated heterocycles. The van der Waals surface area contributed by atoms with Gasteiger partial charge in [0, 0.05) is 12.8 Å². The highest BCUT2D eigenvalue weighted by Gasteiger charge is 2.28. The lowest BCUT2D eigenvalue weighted by Crippen LogP contribution is -2.21. The lowest BCUT2D eigenvalue weighted by molar-refractivity contribution is -0.124. The lowest BCUT2D eigenvalue weighted by atomic mass is 9.77. The molecule has 0 amide bonds. The molecule has 1 saturated carbocycles. The molecule has 0 spiro atoms. The highest BCUT2D eigenvalue weighted by atomic mass is 16.1. The van der Waals surface area contributed by atoms with Crippen LogP contribution in [-0.4, -0.2) is 5.78 Å². The van der Waals surface area contributed by atoms with Crippen molar-refractivity contribution in [1.29, 1.82) is 0 Å². The Morgan fingerprint density at radius 1 is 1.23 bits per heavy atom. The molecule has 0 atom stereocenters. The van der Waals surface area contributed by atoms with E-state index in [1.807, 2.05) is 0 Å². The largest absolute Gasteiger partial charge is 0.300 e. The highest BCUT2D eigenvalue weighted by molar-refractivity contribution is 5.86. The van der Waals surface area contributed by atoms with Crippen LogP contribution in [0.25, 0.3) is 0 Å². The summed E-state index contributed by atoms with van der Waals surface area (Å²) in [5.74, 6) is 0.915. The highest BCUT2D eigenvalue weighted by Crippen LogP contribution is 2.35. The van der Waals surface area contributed by atoms with Crippen LogP contribution in [0.2, 0.25) is 0 Å². The van der Waals surface area contributed by atoms with Crippen molar-refractivity contribution in [2.75, 3.05) is 0 Å². The average Bonchev–Trinajstić information content (AvgIpc) is 2.04. The fraction of sp³-hybridized carbons (Fsp3) is 0.417. The topological polar surface area (TPSA) is 17.1 Å². The fourth-order valence-electron chi connectivity index (χ4n) is 1.91. The Bertz CT molecular complexity index is 344. The van der Waals surface area contributed by atoms with E-state index >= 15 is 0 Å². The second-order valence-corrected chi connectivity index (χ2v) is 4.00. The first kappa shape index (κ1) is 8.49. The molecular weight excluding hydrogens is 160 g/mol. The van der Waals surface area contributed by atoms with E-state index in [1.54, 1.807) is 0 Å². The standard InChI is InChI=1S/C12H14O/c1-8-3-4-9(2)12(5-8)10-6-11(13)7-10/h3-5,10H,6-7H2,1-2H3. The van der Waals surface area contributed by atoms with Crippen molar-refractivity contribution in [3.05, 3.63) is 34.9 Å². The Balaban J connectivity index is 2.29. The Hall–Kier alpha value is -1.11. The molecular formula is C12H14O. The summed E-state index contributed by atoms with van der Waals surface area (Å²) in [5, 5.41) is 0. The van der Waals surface area contributed by atoms with Crippen molar-refractivity contribution >= 4 is 5.78 Å². The first-order valence-corrected chi connectivity index (χ1v) is 4.75. The van der Waals surface area contributed by atoms with Gasteiger partial charge in [0.2, 0.25) is 0 Å². The van der Waals surface area contributed by atoms with Crippen LogP contribution in [0.4, 0.5) is 0 Å². The molecule has 1 fully saturated rings. The molecule has 1 nitrogen and oxygen atoms in total. The SMILES string of the molecule is Cc1ccc(C)c(C2CC(=O)C2)c1. The van der Waals surface area contributed by atoms with Crippen molar-refractivity contribution < 1.29 is 4.79 Å². The Morgan fingerprint density at radius 2 is 1.92 bits per heavy atom. The van der Waals surface area contributed by atoms with Gasteiger partial charge in [-0.1, -0.05) is 23.8 Å². The van der Waals surface area contributed by atoms with E-state index in [0.717, 1.165) is 12.8 Å². The van der Waals surface area contributed by atoms with Crippen molar-refractivity contribution in [2.24, 2.45) is 0 Å². The third kappa shape index (κ3) is 1.51. The van der Waals surface area contributed by atoms with E-state index in [0.29, 0.717) is 11.7 Å². The zero-order valence-electron chi connectivity index (χ0n) is 8.13. The van der Waals surface area contributed by atoms with Gasteiger partial charge >= 0.3 is 0 Å². The van der Waals surface area contributed by atoms with E-state index in [-0.39, 0.29) is 0 Å². The summed E-state index contributed by atoms with van der Waals surface area (Å²) < 4.78 is 0. The molecule has 0 heterocycles. The van der Waals surface area contributed by atoms with Crippen molar-refractivity contribution in [1.82, 2.24) is 0 Å². The van der Waals surface area contributed by atoms with Gasteiger partial charge in [0.15, 0.2) is 0 Å². The van der Waals surface area contributed by atoms with Gasteiger partial charge in [0.1, 0.15) is 5.78 Å². The van der Waals surface area contributed by atoms with Gasteiger partial charge in [-0.2, -0.15) is 0 Å². The average molecular weight is 174 g/mol. The molecule has 13 heavy (non-hydrogen) atoms. The third-order valence-electron chi connectivity index (χ3n) is 2.82. The smallest absolute Gasteiger partial charge is 0.134 e. The van der Waals surface area contributed by atoms with Crippen LogP contribution in [0.5, 0.6) is 0 Å². The molecule has 0 radical (unpaired) electrons. The number of Topliss-reactive ketones (excluding diaryl/α,β-unsaturated/α-hetero) is 1. The van der Waals surface area contributed by atoms with E-state index in [9.17, 15) is 4.79 Å². The van der Waals surface area contributed by atoms with Crippen LogP contribution in [0.1, 0.15) is 35.4 Å². The summed E-state index contributed by atoms with van der Waals surface area (Å²) in [5.41, 5.74) is 3.99. The molecule has 1 aliphatic carbocycles. The molecule has 1 aliphatic rings. The summed E-state index contributed by atoms with van der Waals surface area (Å²) in [4.78, 5) is 10.9. The maximum atomic E-state index is 10.9. The predicted molar refractivity (Wildman–Crippen MR) is 52.9 cm³/mol. The molecule has 1 aromatic rings. The molecule has 1 heteroatoms. The zero-order chi connectivity index (χ0) is 9.42. The van der Waals surface area contributed by atoms with Crippen molar-refractivity contribution in [2.45, 2.75) is 32.6 Å². The van der Waals surface area contributed by atoms with E-state index in [2.05, 4.69) is 32.0 Å². The van der Waals surface area contributed by atoms with Gasteiger partial charge in [0.05, 0.1) is 0 Å². The van der Waals surface area contributed by atoms with Crippen LogP contribution in [0.3, 0.4) is 0 Å². The van der Waals surface area contributed by atoms with Gasteiger partial charge in [-0.05, 0) is 30.9 Å². The second-order valence-electron chi connectivity index (χ2n) is 4.00. The van der Waals surface area contributed by atoms with Gasteiger partial charge < -0.3 is 0 Å². The summed E-state index contributed by atoms with van der Waals surface area (Å²) in [6.45, 7) is 4.22. The Labute approximate surface area is 78.8 Å². The Morgan fingerprint density at radius 3 is 2.54 bits per heavy atom. The number of carbonyl (C=O) groups excluding carboxylic acids is 1. The number of hydrogen-bond acceptors (Lipinski definition) is 1. The third-order valence-corrected chi connectivity index (χ3v) is 2.82. The maximum absolute atomic E-state index is 10.9. The van der Waals surface area contributed by atoms with Gasteiger partial charge in [-0.15, -0.1) is 0 Å². The number of carbonyl (C=O) groups is 1. The summed E-state index contributed by atoms with van der Waals surface area (Å²) in [6, 6.07) is 6.49. The zero-order valence-corrected chi connectivity index (χ0v) is 8.13. The first-order chi connectivity index (χ1) is 6.16. The van der Waals surface area contributed by atoms with Gasteiger partial charge in [0.25, 0.3) is 0 Å². The molecule has 0 aliphatic heterocycles. The predicted octanol–water partition coefficient (Wildman–Crippen LogP) is 2.75. The Kier molecular flexibility index (Phi) is 1.95. The first-order valence-electron chi connectivity index (χ1n) is 4.75.